The smallest absolute Gasteiger partial charge is 0.387 e. The van der Waals surface area contributed by atoms with Crippen LogP contribution in [0.15, 0.2) is 23.3 Å². The molecule has 4 rings (SSSR count). The lowest BCUT2D eigenvalue weighted by molar-refractivity contribution is -0.384. The highest BCUT2D eigenvalue weighted by Crippen LogP contribution is 2.59. The van der Waals surface area contributed by atoms with Crippen molar-refractivity contribution in [2.75, 3.05) is 12.3 Å². The van der Waals surface area contributed by atoms with Gasteiger partial charge in [0, 0.05) is 6.20 Å². The van der Waals surface area contributed by atoms with E-state index in [4.69, 9.17) is 19.3 Å². The topological polar surface area (TPSA) is 182 Å². The fraction of sp³-hybridized carbons (Fsp3) is 0.462. The average Bonchev–Trinajstić information content (AvgIpc) is 3.26. The summed E-state index contributed by atoms with van der Waals surface area (Å²) in [5.41, 5.74) is 4.85. The van der Waals surface area contributed by atoms with Gasteiger partial charge in [-0.05, 0) is 27.3 Å². The monoisotopic (exact) mass is 463 g/mol. The molecule has 2 aromatic rings. The number of phosphoric acid groups is 1. The molecule has 2 aromatic heterocycles. The van der Waals surface area contributed by atoms with Crippen LogP contribution in [0.3, 0.4) is 0 Å². The number of thioether (sulfide) groups is 1. The number of nitrogens with zero attached hydrogens (tertiary/aromatic N) is 4. The first-order chi connectivity index (χ1) is 13.8. The van der Waals surface area contributed by atoms with Crippen molar-refractivity contribution in [2.45, 2.75) is 29.4 Å². The van der Waals surface area contributed by atoms with E-state index in [9.17, 15) is 24.6 Å². The number of aliphatic hydroxyl groups is 1. The molecule has 13 nitrogen and oxygen atoms in total. The van der Waals surface area contributed by atoms with Gasteiger partial charge in [0.2, 0.25) is 0 Å². The summed E-state index contributed by atoms with van der Waals surface area (Å²) in [4.78, 5) is 29.7. The van der Waals surface area contributed by atoms with Gasteiger partial charge in [-0.25, -0.2) is 9.36 Å². The minimum absolute atomic E-state index is 0.0415. The van der Waals surface area contributed by atoms with Crippen molar-refractivity contribution in [3.05, 3.63) is 43.9 Å². The maximum atomic E-state index is 12.8. The van der Waals surface area contributed by atoms with Gasteiger partial charge in [0.05, 0.1) is 23.3 Å². The number of fused-ring (bicyclic) bond motifs is 1. The molecule has 0 aliphatic carbocycles. The highest BCUT2D eigenvalue weighted by atomic mass is 32.2. The molecule has 0 saturated carbocycles. The number of nitrogen functional groups attached to an aromatic ring is 1. The molecule has 2 fully saturated rings. The molecule has 0 amide bonds. The van der Waals surface area contributed by atoms with E-state index < -0.39 is 41.3 Å². The summed E-state index contributed by atoms with van der Waals surface area (Å²) in [6, 6.07) is 1.43. The second-order valence-electron chi connectivity index (χ2n) is 6.05. The Morgan fingerprint density at radius 2 is 2.34 bits per heavy atom. The molecule has 4 heterocycles. The largest absolute Gasteiger partial charge is 0.475 e. The summed E-state index contributed by atoms with van der Waals surface area (Å²) in [6.45, 7) is -0.311. The zero-order chi connectivity index (χ0) is 20.8. The summed E-state index contributed by atoms with van der Waals surface area (Å²) in [5, 5.41) is 19.9. The SMILES string of the molecule is Nc1ccn([C@@H]2S[C@@H]3COP(=O)(OCc4cnc([N+](=O)[O-])s4)O[C@H]3[C@@H]2O)c(=O)n1. The fourth-order valence-corrected chi connectivity index (χ4v) is 6.63. The number of phosphoric ester groups is 1. The Labute approximate surface area is 170 Å². The lowest BCUT2D eigenvalue weighted by Crippen LogP contribution is -2.40. The maximum absolute atomic E-state index is 12.8. The lowest BCUT2D eigenvalue weighted by Gasteiger charge is -2.31. The second-order valence-corrected chi connectivity index (χ2v) is 10.1. The summed E-state index contributed by atoms with van der Waals surface area (Å²) in [5.74, 6) is 0.0574. The predicted molar refractivity (Wildman–Crippen MR) is 101 cm³/mol. The highest BCUT2D eigenvalue weighted by molar-refractivity contribution is 8.00. The van der Waals surface area contributed by atoms with Crippen LogP contribution in [-0.4, -0.2) is 48.6 Å². The quantitative estimate of drug-likeness (QED) is 0.364. The number of thiazole rings is 1. The third-order valence-electron chi connectivity index (χ3n) is 4.15. The van der Waals surface area contributed by atoms with E-state index in [1.807, 2.05) is 0 Å². The van der Waals surface area contributed by atoms with E-state index in [-0.39, 0.29) is 24.2 Å². The molecule has 0 aromatic carbocycles. The lowest BCUT2D eigenvalue weighted by atomic mass is 10.1. The molecule has 0 radical (unpaired) electrons. The Morgan fingerprint density at radius 3 is 3.03 bits per heavy atom. The van der Waals surface area contributed by atoms with Gasteiger partial charge < -0.3 is 21.0 Å². The first kappa shape index (κ1) is 20.4. The van der Waals surface area contributed by atoms with Gasteiger partial charge in [-0.1, -0.05) is 0 Å². The van der Waals surface area contributed by atoms with E-state index in [1.54, 1.807) is 0 Å². The Hall–Kier alpha value is -1.87. The second kappa shape index (κ2) is 7.75. The summed E-state index contributed by atoms with van der Waals surface area (Å²) in [7, 11) is -4.03. The summed E-state index contributed by atoms with van der Waals surface area (Å²) < 4.78 is 29.9. The van der Waals surface area contributed by atoms with Crippen molar-refractivity contribution in [2.24, 2.45) is 0 Å². The zero-order valence-corrected chi connectivity index (χ0v) is 16.9. The summed E-state index contributed by atoms with van der Waals surface area (Å²) in [6.07, 6.45) is 0.554. The third-order valence-corrected chi connectivity index (χ3v) is 8.02. The average molecular weight is 463 g/mol. The van der Waals surface area contributed by atoms with E-state index in [1.165, 1.54) is 34.8 Å². The zero-order valence-electron chi connectivity index (χ0n) is 14.4. The minimum atomic E-state index is -4.03. The molecule has 2 saturated heterocycles. The Morgan fingerprint density at radius 1 is 1.55 bits per heavy atom. The van der Waals surface area contributed by atoms with E-state index >= 15 is 0 Å². The van der Waals surface area contributed by atoms with Crippen molar-refractivity contribution in [1.82, 2.24) is 14.5 Å². The van der Waals surface area contributed by atoms with Crippen LogP contribution >= 0.6 is 30.9 Å². The Balaban J connectivity index is 1.45. The number of hydrogen-bond donors (Lipinski definition) is 2. The third kappa shape index (κ3) is 4.07. The van der Waals surface area contributed by atoms with E-state index in [2.05, 4.69) is 9.97 Å². The van der Waals surface area contributed by atoms with Gasteiger partial charge in [0.25, 0.3) is 0 Å². The number of nitro groups is 1. The molecule has 3 N–H and O–H groups in total. The Bertz CT molecular complexity index is 1050. The fourth-order valence-electron chi connectivity index (χ4n) is 2.84. The number of aromatic nitrogens is 3. The number of aliphatic hydroxyl groups excluding tert-OH is 1. The van der Waals surface area contributed by atoms with Crippen molar-refractivity contribution in [1.29, 1.82) is 0 Å². The van der Waals surface area contributed by atoms with Gasteiger partial charge in [-0.15, -0.1) is 11.8 Å². The maximum Gasteiger partial charge on any atom is 0.475 e. The first-order valence-corrected chi connectivity index (χ1v) is 11.3. The number of nitrogens with two attached hydrogens (primary N) is 1. The molecule has 0 spiro atoms. The highest BCUT2D eigenvalue weighted by Gasteiger charge is 2.53. The van der Waals surface area contributed by atoms with E-state index in [0.29, 0.717) is 4.88 Å². The van der Waals surface area contributed by atoms with Gasteiger partial charge >= 0.3 is 18.6 Å². The number of anilines is 1. The molecule has 1 unspecified atom stereocenters. The van der Waals surface area contributed by atoms with Gasteiger partial charge in [0.1, 0.15) is 23.4 Å². The van der Waals surface area contributed by atoms with Crippen LogP contribution in [0.4, 0.5) is 10.9 Å². The predicted octanol–water partition coefficient (Wildman–Crippen LogP) is 0.905. The van der Waals surface area contributed by atoms with Crippen LogP contribution in [-0.2, 0) is 24.7 Å². The molecule has 29 heavy (non-hydrogen) atoms. The first-order valence-electron chi connectivity index (χ1n) is 8.10. The van der Waals surface area contributed by atoms with Gasteiger partial charge in [-0.2, -0.15) is 4.98 Å². The standard InChI is InChI=1S/C13H14N5O8PS2/c14-8-1-2-17(12(20)16-8)11-9(19)10-7(29-11)5-25-27(23,26-10)24-4-6-3-15-13(28-6)18(21)22/h1-3,7,9-11,19H,4-5H2,(H2,14,16,20)/t7-,9+,10-,11-,27?/m1/s1. The summed E-state index contributed by atoms with van der Waals surface area (Å²) >= 11 is 1.99. The molecular formula is C13H14N5O8PS2. The van der Waals surface area contributed by atoms with Crippen LogP contribution in [0.25, 0.3) is 0 Å². The molecule has 16 heteroatoms. The van der Waals surface area contributed by atoms with E-state index in [0.717, 1.165) is 11.3 Å². The van der Waals surface area contributed by atoms with Crippen LogP contribution in [0.5, 0.6) is 0 Å². The number of hydrogen-bond acceptors (Lipinski definition) is 13. The molecular weight excluding hydrogens is 449 g/mol. The Kier molecular flexibility index (Phi) is 5.46. The van der Waals surface area contributed by atoms with Crippen molar-refractivity contribution < 1.29 is 28.2 Å². The van der Waals surface area contributed by atoms with Crippen LogP contribution < -0.4 is 11.4 Å². The molecule has 0 bridgehead atoms. The van der Waals surface area contributed by atoms with Crippen LogP contribution in [0.2, 0.25) is 0 Å². The van der Waals surface area contributed by atoms with Gasteiger partial charge in [-0.3, -0.25) is 18.1 Å². The molecule has 5 atom stereocenters. The number of rotatable bonds is 5. The van der Waals surface area contributed by atoms with Crippen LogP contribution in [0, 0.1) is 10.1 Å². The molecule has 2 aliphatic heterocycles. The van der Waals surface area contributed by atoms with Crippen molar-refractivity contribution in [3.63, 3.8) is 0 Å². The van der Waals surface area contributed by atoms with Crippen LogP contribution in [0.1, 0.15) is 10.3 Å². The van der Waals surface area contributed by atoms with Crippen molar-refractivity contribution >= 4 is 41.9 Å². The molecule has 156 valence electrons. The van der Waals surface area contributed by atoms with Gasteiger partial charge in [0.15, 0.2) is 6.20 Å². The van der Waals surface area contributed by atoms with Crippen molar-refractivity contribution in [3.8, 4) is 0 Å². The minimum Gasteiger partial charge on any atom is -0.387 e. The normalized spacial score (nSPS) is 31.5. The molecule has 2 aliphatic rings.